The van der Waals surface area contributed by atoms with Gasteiger partial charge in [0.25, 0.3) is 0 Å². The van der Waals surface area contributed by atoms with Crippen LogP contribution in [0, 0.1) is 0 Å². The molecule has 0 saturated carbocycles. The third-order valence-electron chi connectivity index (χ3n) is 5.48. The van der Waals surface area contributed by atoms with Crippen molar-refractivity contribution < 1.29 is 4.79 Å². The largest absolute Gasteiger partial charge is 0.399 e. The molecule has 166 valence electrons. The molecule has 2 aromatic carbocycles. The summed E-state index contributed by atoms with van der Waals surface area (Å²) in [5.74, 6) is 0.240. The van der Waals surface area contributed by atoms with Crippen molar-refractivity contribution in [2.24, 2.45) is 0 Å². The average molecular weight is 453 g/mol. The van der Waals surface area contributed by atoms with Gasteiger partial charge in [-0.15, -0.1) is 24.8 Å². The molecule has 1 heterocycles. The summed E-state index contributed by atoms with van der Waals surface area (Å²) in [7, 11) is 2.17. The number of carbonyl (C=O) groups excluding carboxylic acids is 1. The van der Waals surface area contributed by atoms with Crippen LogP contribution in [0.25, 0.3) is 0 Å². The van der Waals surface area contributed by atoms with Gasteiger partial charge in [0.05, 0.1) is 0 Å². The minimum atomic E-state index is 0. The summed E-state index contributed by atoms with van der Waals surface area (Å²) < 4.78 is 0. The van der Waals surface area contributed by atoms with Crippen molar-refractivity contribution in [3.63, 3.8) is 0 Å². The lowest BCUT2D eigenvalue weighted by Gasteiger charge is -2.35. The smallest absolute Gasteiger partial charge is 0.222 e. The number of aryl methyl sites for hydroxylation is 1. The van der Waals surface area contributed by atoms with Gasteiger partial charge in [0.2, 0.25) is 5.91 Å². The van der Waals surface area contributed by atoms with Crippen LogP contribution in [0.2, 0.25) is 0 Å². The van der Waals surface area contributed by atoms with Crippen molar-refractivity contribution in [2.45, 2.75) is 19.4 Å². The summed E-state index contributed by atoms with van der Waals surface area (Å²) in [6, 6.07) is 18.4. The van der Waals surface area contributed by atoms with Crippen molar-refractivity contribution >= 4 is 36.4 Å². The first-order valence-corrected chi connectivity index (χ1v) is 10.2. The molecule has 1 aliphatic heterocycles. The number of hydrogen-bond donors (Lipinski definition) is 1. The van der Waals surface area contributed by atoms with Crippen LogP contribution in [0.1, 0.15) is 17.5 Å². The van der Waals surface area contributed by atoms with Gasteiger partial charge in [-0.05, 0) is 30.7 Å². The number of halogens is 2. The van der Waals surface area contributed by atoms with Crippen LogP contribution in [-0.2, 0) is 17.8 Å². The van der Waals surface area contributed by atoms with Crippen LogP contribution in [-0.4, -0.2) is 66.9 Å². The maximum atomic E-state index is 12.5. The van der Waals surface area contributed by atoms with Gasteiger partial charge in [0.1, 0.15) is 0 Å². The summed E-state index contributed by atoms with van der Waals surface area (Å²) >= 11 is 0. The number of anilines is 1. The number of benzene rings is 2. The van der Waals surface area contributed by atoms with E-state index in [4.69, 9.17) is 5.73 Å². The van der Waals surface area contributed by atoms with Gasteiger partial charge >= 0.3 is 0 Å². The van der Waals surface area contributed by atoms with E-state index < -0.39 is 0 Å². The number of nitrogens with two attached hydrogens (primary N) is 1. The third-order valence-corrected chi connectivity index (χ3v) is 5.48. The van der Waals surface area contributed by atoms with Crippen molar-refractivity contribution in [3.8, 4) is 0 Å². The fourth-order valence-corrected chi connectivity index (χ4v) is 3.67. The standard InChI is InChI=1S/C23H32N4O.2ClH/c1-25(19-20-7-3-2-4-8-20)13-14-26-15-17-27(18-16-26)23(28)12-11-21-9-5-6-10-22(21)24;;/h2-10H,11-19,24H2,1H3;2*1H. The molecule has 3 rings (SSSR count). The predicted octanol–water partition coefficient (Wildman–Crippen LogP) is 3.32. The van der Waals surface area contributed by atoms with Crippen molar-refractivity contribution in [2.75, 3.05) is 52.0 Å². The molecule has 0 unspecified atom stereocenters. The molecular weight excluding hydrogens is 419 g/mol. The van der Waals surface area contributed by atoms with Crippen molar-refractivity contribution in [1.29, 1.82) is 0 Å². The Morgan fingerprint density at radius 2 is 1.60 bits per heavy atom. The average Bonchev–Trinajstić information content (AvgIpc) is 2.72. The van der Waals surface area contributed by atoms with Crippen LogP contribution in [0.3, 0.4) is 0 Å². The van der Waals surface area contributed by atoms with Crippen LogP contribution in [0.5, 0.6) is 0 Å². The van der Waals surface area contributed by atoms with Gasteiger partial charge in [-0.1, -0.05) is 48.5 Å². The molecule has 0 aromatic heterocycles. The molecule has 1 saturated heterocycles. The molecule has 2 N–H and O–H groups in total. The lowest BCUT2D eigenvalue weighted by Crippen LogP contribution is -2.50. The van der Waals surface area contributed by atoms with E-state index in [1.165, 1.54) is 5.56 Å². The first kappa shape index (κ1) is 26.2. The number of likely N-dealkylation sites (N-methyl/N-ethyl adjacent to an activating group) is 1. The van der Waals surface area contributed by atoms with Gasteiger partial charge in [-0.3, -0.25) is 9.69 Å². The Morgan fingerprint density at radius 3 is 2.27 bits per heavy atom. The zero-order valence-electron chi connectivity index (χ0n) is 17.7. The topological polar surface area (TPSA) is 52.8 Å². The highest BCUT2D eigenvalue weighted by Crippen LogP contribution is 2.14. The molecule has 0 bridgehead atoms. The van der Waals surface area contributed by atoms with E-state index in [-0.39, 0.29) is 30.7 Å². The number of nitrogen functional groups attached to an aromatic ring is 1. The number of hydrogen-bond acceptors (Lipinski definition) is 4. The first-order chi connectivity index (χ1) is 13.6. The Labute approximate surface area is 193 Å². The summed E-state index contributed by atoms with van der Waals surface area (Å²) in [6.45, 7) is 6.62. The molecule has 0 spiro atoms. The molecule has 1 fully saturated rings. The normalized spacial score (nSPS) is 14.1. The lowest BCUT2D eigenvalue weighted by molar-refractivity contribution is -0.132. The van der Waals surface area contributed by atoms with Crippen LogP contribution in [0.4, 0.5) is 5.69 Å². The van der Waals surface area contributed by atoms with E-state index in [0.29, 0.717) is 6.42 Å². The zero-order chi connectivity index (χ0) is 19.8. The second-order valence-electron chi connectivity index (χ2n) is 7.64. The molecule has 0 radical (unpaired) electrons. The van der Waals surface area contributed by atoms with Gasteiger partial charge in [0, 0.05) is 57.9 Å². The molecule has 0 aliphatic carbocycles. The zero-order valence-corrected chi connectivity index (χ0v) is 19.3. The van der Waals surface area contributed by atoms with Crippen LogP contribution >= 0.6 is 24.8 Å². The van der Waals surface area contributed by atoms with Crippen LogP contribution < -0.4 is 5.73 Å². The van der Waals surface area contributed by atoms with E-state index in [0.717, 1.165) is 63.5 Å². The van der Waals surface area contributed by atoms with Crippen molar-refractivity contribution in [1.82, 2.24) is 14.7 Å². The minimum Gasteiger partial charge on any atom is -0.399 e. The molecule has 5 nitrogen and oxygen atoms in total. The van der Waals surface area contributed by atoms with E-state index in [2.05, 4.69) is 47.2 Å². The van der Waals surface area contributed by atoms with E-state index in [1.54, 1.807) is 0 Å². The van der Waals surface area contributed by atoms with E-state index >= 15 is 0 Å². The lowest BCUT2D eigenvalue weighted by atomic mass is 10.1. The molecule has 7 heteroatoms. The number of rotatable bonds is 8. The molecular formula is C23H34Cl2N4O. The number of piperazine rings is 1. The quantitative estimate of drug-likeness (QED) is 0.624. The van der Waals surface area contributed by atoms with Crippen LogP contribution in [0.15, 0.2) is 54.6 Å². The highest BCUT2D eigenvalue weighted by Gasteiger charge is 2.21. The van der Waals surface area contributed by atoms with Gasteiger partial charge < -0.3 is 15.5 Å². The summed E-state index contributed by atoms with van der Waals surface area (Å²) in [6.07, 6.45) is 1.25. The Kier molecular flexibility index (Phi) is 11.8. The maximum absolute atomic E-state index is 12.5. The maximum Gasteiger partial charge on any atom is 0.222 e. The summed E-state index contributed by atoms with van der Waals surface area (Å²) in [5, 5.41) is 0. The molecule has 1 aliphatic rings. The molecule has 30 heavy (non-hydrogen) atoms. The summed E-state index contributed by atoms with van der Waals surface area (Å²) in [5.41, 5.74) is 9.16. The number of nitrogens with zero attached hydrogens (tertiary/aromatic N) is 3. The second kappa shape index (κ2) is 13.5. The highest BCUT2D eigenvalue weighted by molar-refractivity contribution is 5.85. The van der Waals surface area contributed by atoms with Gasteiger partial charge in [0.15, 0.2) is 0 Å². The number of carbonyl (C=O) groups is 1. The monoisotopic (exact) mass is 452 g/mol. The van der Waals surface area contributed by atoms with E-state index in [1.807, 2.05) is 29.2 Å². The Hall–Kier alpha value is -1.79. The molecule has 1 amide bonds. The number of amides is 1. The SMILES string of the molecule is CN(CCN1CCN(C(=O)CCc2ccccc2N)CC1)Cc1ccccc1.Cl.Cl. The Morgan fingerprint density at radius 1 is 0.967 bits per heavy atom. The number of para-hydroxylation sites is 1. The molecule has 0 atom stereocenters. The fourth-order valence-electron chi connectivity index (χ4n) is 3.67. The fraction of sp³-hybridized carbons (Fsp3) is 0.435. The van der Waals surface area contributed by atoms with E-state index in [9.17, 15) is 4.79 Å². The van der Waals surface area contributed by atoms with Crippen molar-refractivity contribution in [3.05, 3.63) is 65.7 Å². The highest BCUT2D eigenvalue weighted by atomic mass is 35.5. The van der Waals surface area contributed by atoms with Gasteiger partial charge in [-0.2, -0.15) is 0 Å². The second-order valence-corrected chi connectivity index (χ2v) is 7.64. The first-order valence-electron chi connectivity index (χ1n) is 10.2. The minimum absolute atomic E-state index is 0. The predicted molar refractivity (Wildman–Crippen MR) is 129 cm³/mol. The summed E-state index contributed by atoms with van der Waals surface area (Å²) in [4.78, 5) is 19.3. The van der Waals surface area contributed by atoms with Gasteiger partial charge in [-0.25, -0.2) is 0 Å². The third kappa shape index (κ3) is 8.15. The Balaban J connectivity index is 0.00000225. The Bertz CT molecular complexity index is 752. The molecule has 2 aromatic rings.